The highest BCUT2D eigenvalue weighted by molar-refractivity contribution is 5.98. The predicted molar refractivity (Wildman–Crippen MR) is 95.8 cm³/mol. The third-order valence-corrected chi connectivity index (χ3v) is 4.51. The molecule has 1 N–H and O–H groups in total. The number of likely N-dealkylation sites (tertiary alicyclic amines) is 1. The van der Waals surface area contributed by atoms with Crippen molar-refractivity contribution in [3.8, 4) is 0 Å². The second kappa shape index (κ2) is 8.08. The normalized spacial score (nSPS) is 16.0. The summed E-state index contributed by atoms with van der Waals surface area (Å²) in [5.41, 5.74) is 5.61. The zero-order chi connectivity index (χ0) is 16.8. The minimum absolute atomic E-state index is 0.140. The van der Waals surface area contributed by atoms with E-state index in [9.17, 15) is 4.79 Å². The number of benzene rings is 2. The number of anilines is 1. The molecule has 0 atom stereocenters. The number of carbonyl (C=O) groups excluding carboxylic acids is 1. The highest BCUT2D eigenvalue weighted by Gasteiger charge is 2.24. The van der Waals surface area contributed by atoms with Gasteiger partial charge in [-0.2, -0.15) is 0 Å². The molecule has 3 rings (SSSR count). The standard InChI is InChI=1S/C20H24N2O2/c1-22-12-10-17(11-13-22)20(23)18-8-5-9-19(14-18)21-24-15-16-6-3-2-4-7-16/h2-9,14,17,21H,10-13,15H2,1H3. The van der Waals surface area contributed by atoms with Gasteiger partial charge in [-0.15, -0.1) is 0 Å². The molecular weight excluding hydrogens is 300 g/mol. The minimum atomic E-state index is 0.140. The van der Waals surface area contributed by atoms with E-state index in [0.29, 0.717) is 6.61 Å². The molecule has 1 heterocycles. The maximum atomic E-state index is 12.7. The summed E-state index contributed by atoms with van der Waals surface area (Å²) >= 11 is 0. The first-order valence-corrected chi connectivity index (χ1v) is 8.47. The van der Waals surface area contributed by atoms with Gasteiger partial charge in [-0.3, -0.25) is 15.1 Å². The molecule has 1 aliphatic rings. The summed E-state index contributed by atoms with van der Waals surface area (Å²) < 4.78 is 0. The quantitative estimate of drug-likeness (QED) is 0.649. The smallest absolute Gasteiger partial charge is 0.166 e. The van der Waals surface area contributed by atoms with Crippen LogP contribution in [0, 0.1) is 5.92 Å². The molecule has 0 amide bonds. The van der Waals surface area contributed by atoms with Crippen molar-refractivity contribution < 1.29 is 9.63 Å². The number of hydrogen-bond donors (Lipinski definition) is 1. The fourth-order valence-electron chi connectivity index (χ4n) is 3.02. The lowest BCUT2D eigenvalue weighted by Crippen LogP contribution is -2.33. The molecule has 1 saturated heterocycles. The number of piperidine rings is 1. The van der Waals surface area contributed by atoms with E-state index in [2.05, 4.69) is 17.4 Å². The molecule has 0 unspecified atom stereocenters. The van der Waals surface area contributed by atoms with E-state index in [1.54, 1.807) is 0 Å². The van der Waals surface area contributed by atoms with Gasteiger partial charge < -0.3 is 4.90 Å². The summed E-state index contributed by atoms with van der Waals surface area (Å²) in [7, 11) is 2.11. The van der Waals surface area contributed by atoms with Crippen molar-refractivity contribution in [1.29, 1.82) is 0 Å². The van der Waals surface area contributed by atoms with Crippen LogP contribution < -0.4 is 5.48 Å². The van der Waals surface area contributed by atoms with Gasteiger partial charge in [-0.05, 0) is 50.7 Å². The average Bonchev–Trinajstić information content (AvgIpc) is 2.63. The Morgan fingerprint density at radius 1 is 1.12 bits per heavy atom. The Morgan fingerprint density at radius 2 is 1.88 bits per heavy atom. The van der Waals surface area contributed by atoms with Crippen molar-refractivity contribution in [3.63, 3.8) is 0 Å². The van der Waals surface area contributed by atoms with Crippen molar-refractivity contribution in [2.75, 3.05) is 25.6 Å². The van der Waals surface area contributed by atoms with Gasteiger partial charge in [0, 0.05) is 11.5 Å². The van der Waals surface area contributed by atoms with E-state index < -0.39 is 0 Å². The van der Waals surface area contributed by atoms with E-state index in [-0.39, 0.29) is 11.7 Å². The van der Waals surface area contributed by atoms with Crippen LogP contribution in [0.25, 0.3) is 0 Å². The van der Waals surface area contributed by atoms with Crippen LogP contribution in [0.5, 0.6) is 0 Å². The Labute approximate surface area is 143 Å². The van der Waals surface area contributed by atoms with Crippen molar-refractivity contribution in [3.05, 3.63) is 65.7 Å². The molecule has 2 aromatic carbocycles. The number of carbonyl (C=O) groups is 1. The first-order chi connectivity index (χ1) is 11.7. The maximum absolute atomic E-state index is 12.7. The van der Waals surface area contributed by atoms with E-state index in [1.165, 1.54) is 0 Å². The number of Topliss-reactive ketones (excluding diaryl/α,β-unsaturated/α-hetero) is 1. The van der Waals surface area contributed by atoms with Crippen molar-refractivity contribution >= 4 is 11.5 Å². The third kappa shape index (κ3) is 4.43. The molecule has 2 aromatic rings. The van der Waals surface area contributed by atoms with E-state index in [4.69, 9.17) is 4.84 Å². The molecule has 4 heteroatoms. The van der Waals surface area contributed by atoms with Gasteiger partial charge in [0.15, 0.2) is 5.78 Å². The third-order valence-electron chi connectivity index (χ3n) is 4.51. The van der Waals surface area contributed by atoms with Crippen LogP contribution in [0.3, 0.4) is 0 Å². The van der Waals surface area contributed by atoms with E-state index in [1.807, 2.05) is 54.6 Å². The highest BCUT2D eigenvalue weighted by Crippen LogP contribution is 2.22. The number of hydrogen-bond acceptors (Lipinski definition) is 4. The van der Waals surface area contributed by atoms with Gasteiger partial charge in [-0.1, -0.05) is 42.5 Å². The average molecular weight is 324 g/mol. The summed E-state index contributed by atoms with van der Waals surface area (Å²) in [5.74, 6) is 0.386. The first kappa shape index (κ1) is 16.7. The summed E-state index contributed by atoms with van der Waals surface area (Å²) in [6, 6.07) is 17.6. The lowest BCUT2D eigenvalue weighted by molar-refractivity contribution is 0.0857. The van der Waals surface area contributed by atoms with Crippen LogP contribution in [-0.4, -0.2) is 30.8 Å². The number of nitrogens with zero attached hydrogens (tertiary/aromatic N) is 1. The Kier molecular flexibility index (Phi) is 5.62. The van der Waals surface area contributed by atoms with Crippen LogP contribution in [0.1, 0.15) is 28.8 Å². The van der Waals surface area contributed by atoms with Gasteiger partial charge in [-0.25, -0.2) is 0 Å². The summed E-state index contributed by atoms with van der Waals surface area (Å²) in [4.78, 5) is 20.5. The largest absolute Gasteiger partial charge is 0.306 e. The molecule has 1 fully saturated rings. The molecule has 0 spiro atoms. The van der Waals surface area contributed by atoms with E-state index in [0.717, 1.165) is 42.7 Å². The first-order valence-electron chi connectivity index (χ1n) is 8.47. The number of ketones is 1. The van der Waals surface area contributed by atoms with Gasteiger partial charge in [0.2, 0.25) is 0 Å². The Bertz CT molecular complexity index is 664. The van der Waals surface area contributed by atoms with Crippen molar-refractivity contribution in [1.82, 2.24) is 4.90 Å². The maximum Gasteiger partial charge on any atom is 0.166 e. The molecule has 1 aliphatic heterocycles. The fraction of sp³-hybridized carbons (Fsp3) is 0.350. The Balaban J connectivity index is 1.56. The molecule has 24 heavy (non-hydrogen) atoms. The van der Waals surface area contributed by atoms with Gasteiger partial charge >= 0.3 is 0 Å². The fourth-order valence-corrected chi connectivity index (χ4v) is 3.02. The van der Waals surface area contributed by atoms with Gasteiger partial charge in [0.05, 0.1) is 12.3 Å². The second-order valence-corrected chi connectivity index (χ2v) is 6.40. The molecule has 0 aromatic heterocycles. The molecule has 0 radical (unpaired) electrons. The van der Waals surface area contributed by atoms with Crippen LogP contribution in [0.4, 0.5) is 5.69 Å². The summed E-state index contributed by atoms with van der Waals surface area (Å²) in [6.45, 7) is 2.47. The number of rotatable bonds is 6. The van der Waals surface area contributed by atoms with Gasteiger partial charge in [0.25, 0.3) is 0 Å². The Morgan fingerprint density at radius 3 is 2.62 bits per heavy atom. The predicted octanol–water partition coefficient (Wildman–Crippen LogP) is 3.75. The highest BCUT2D eigenvalue weighted by atomic mass is 16.6. The second-order valence-electron chi connectivity index (χ2n) is 6.40. The monoisotopic (exact) mass is 324 g/mol. The molecule has 0 bridgehead atoms. The molecule has 126 valence electrons. The van der Waals surface area contributed by atoms with Crippen LogP contribution in [0.15, 0.2) is 54.6 Å². The van der Waals surface area contributed by atoms with Crippen molar-refractivity contribution in [2.24, 2.45) is 5.92 Å². The van der Waals surface area contributed by atoms with Crippen LogP contribution in [0.2, 0.25) is 0 Å². The lowest BCUT2D eigenvalue weighted by atomic mass is 9.89. The Hall–Kier alpha value is -2.17. The topological polar surface area (TPSA) is 41.6 Å². The zero-order valence-corrected chi connectivity index (χ0v) is 14.1. The van der Waals surface area contributed by atoms with Crippen LogP contribution in [-0.2, 0) is 11.4 Å². The zero-order valence-electron chi connectivity index (χ0n) is 14.1. The summed E-state index contributed by atoms with van der Waals surface area (Å²) in [5, 5.41) is 0. The lowest BCUT2D eigenvalue weighted by Gasteiger charge is -2.28. The van der Waals surface area contributed by atoms with Crippen LogP contribution >= 0.6 is 0 Å². The summed E-state index contributed by atoms with van der Waals surface area (Å²) in [6.07, 6.45) is 1.88. The molecular formula is C20H24N2O2. The molecule has 4 nitrogen and oxygen atoms in total. The minimum Gasteiger partial charge on any atom is -0.306 e. The number of nitrogens with one attached hydrogen (secondary N) is 1. The SMILES string of the molecule is CN1CCC(C(=O)c2cccc(NOCc3ccccc3)c2)CC1. The van der Waals surface area contributed by atoms with Crippen molar-refractivity contribution in [2.45, 2.75) is 19.4 Å². The molecule has 0 aliphatic carbocycles. The van der Waals surface area contributed by atoms with E-state index >= 15 is 0 Å². The molecule has 0 saturated carbocycles. The van der Waals surface area contributed by atoms with Gasteiger partial charge in [0.1, 0.15) is 0 Å².